The highest BCUT2D eigenvalue weighted by atomic mass is 15.1. The highest BCUT2D eigenvalue weighted by Gasteiger charge is 2.17. The van der Waals surface area contributed by atoms with Crippen LogP contribution in [0.1, 0.15) is 5.56 Å². The molecule has 9 rings (SSSR count). The number of rotatable bonds is 5. The van der Waals surface area contributed by atoms with Crippen molar-refractivity contribution in [1.29, 1.82) is 0 Å². The van der Waals surface area contributed by atoms with Crippen molar-refractivity contribution in [3.63, 3.8) is 0 Å². The summed E-state index contributed by atoms with van der Waals surface area (Å²) in [5.74, 6) is 0. The Bertz CT molecular complexity index is 2440. The Hall–Kier alpha value is -6.06. The van der Waals surface area contributed by atoms with E-state index in [0.717, 1.165) is 28.4 Å². The number of nitrogens with zero attached hydrogens (tertiary/aromatic N) is 3. The lowest BCUT2D eigenvalue weighted by molar-refractivity contribution is 1.16. The quantitative estimate of drug-likeness (QED) is 0.195. The summed E-state index contributed by atoms with van der Waals surface area (Å²) in [4.78, 5) is 2.36. The fraction of sp³-hybridized carbons (Fsp3) is 0.0233. The Labute approximate surface area is 267 Å². The molecule has 0 aliphatic rings. The van der Waals surface area contributed by atoms with E-state index in [4.69, 9.17) is 0 Å². The number of benzene rings is 7. The zero-order chi connectivity index (χ0) is 30.6. The molecule has 9 aromatic rings. The monoisotopic (exact) mass is 589 g/mol. The van der Waals surface area contributed by atoms with Gasteiger partial charge in [0.25, 0.3) is 0 Å². The Morgan fingerprint density at radius 1 is 0.348 bits per heavy atom. The van der Waals surface area contributed by atoms with E-state index >= 15 is 0 Å². The van der Waals surface area contributed by atoms with Gasteiger partial charge in [0, 0.05) is 50.0 Å². The SMILES string of the molecule is Cc1cccc(N(c2ccc(-n3c4ccccc4c4ccccc43)cc2)c2cccc(-n3c4ccccc4c4ccccc43)c2)c1. The van der Waals surface area contributed by atoms with Crippen LogP contribution in [0.2, 0.25) is 0 Å². The van der Waals surface area contributed by atoms with Gasteiger partial charge in [0.05, 0.1) is 22.1 Å². The van der Waals surface area contributed by atoms with Gasteiger partial charge in [-0.2, -0.15) is 0 Å². The molecule has 3 nitrogen and oxygen atoms in total. The Kier molecular flexibility index (Phi) is 6.04. The first-order valence-corrected chi connectivity index (χ1v) is 15.8. The molecule has 0 atom stereocenters. The number of para-hydroxylation sites is 4. The lowest BCUT2D eigenvalue weighted by atomic mass is 10.1. The fourth-order valence-corrected chi connectivity index (χ4v) is 7.14. The van der Waals surface area contributed by atoms with Gasteiger partial charge in [-0.15, -0.1) is 0 Å². The number of fused-ring (bicyclic) bond motifs is 6. The summed E-state index contributed by atoms with van der Waals surface area (Å²) in [6.07, 6.45) is 0. The molecule has 2 aromatic heterocycles. The number of aromatic nitrogens is 2. The highest BCUT2D eigenvalue weighted by molar-refractivity contribution is 6.10. The second-order valence-electron chi connectivity index (χ2n) is 12.0. The minimum Gasteiger partial charge on any atom is -0.310 e. The standard InChI is InChI=1S/C43H31N3/c1-30-12-10-13-33(28-30)44(31-24-26-32(27-25-31)45-40-20-6-2-16-36(40)37-17-3-7-21-41(37)45)34-14-11-15-35(29-34)46-42-22-8-4-18-38(42)39-19-5-9-23-43(39)46/h2-29H,1H3. The second-order valence-corrected chi connectivity index (χ2v) is 12.0. The molecule has 0 N–H and O–H groups in total. The summed E-state index contributed by atoms with van der Waals surface area (Å²) < 4.78 is 4.75. The minimum atomic E-state index is 1.11. The first-order valence-electron chi connectivity index (χ1n) is 15.8. The third-order valence-corrected chi connectivity index (χ3v) is 9.13. The van der Waals surface area contributed by atoms with E-state index in [2.05, 4.69) is 191 Å². The van der Waals surface area contributed by atoms with Gasteiger partial charge < -0.3 is 14.0 Å². The first kappa shape index (κ1) is 26.4. The molecule has 0 spiro atoms. The lowest BCUT2D eigenvalue weighted by Crippen LogP contribution is -2.11. The van der Waals surface area contributed by atoms with Crippen molar-refractivity contribution in [2.24, 2.45) is 0 Å². The van der Waals surface area contributed by atoms with E-state index in [1.54, 1.807) is 0 Å². The molecular formula is C43H31N3. The molecule has 0 amide bonds. The molecule has 46 heavy (non-hydrogen) atoms. The van der Waals surface area contributed by atoms with Crippen LogP contribution in [0, 0.1) is 6.92 Å². The summed E-state index contributed by atoms with van der Waals surface area (Å²) in [5.41, 5.74) is 11.7. The highest BCUT2D eigenvalue weighted by Crippen LogP contribution is 2.39. The van der Waals surface area contributed by atoms with E-state index in [1.165, 1.54) is 49.2 Å². The molecular weight excluding hydrogens is 558 g/mol. The number of hydrogen-bond acceptors (Lipinski definition) is 1. The Balaban J connectivity index is 1.21. The third-order valence-electron chi connectivity index (χ3n) is 9.13. The second kappa shape index (κ2) is 10.5. The van der Waals surface area contributed by atoms with Gasteiger partial charge in [0.2, 0.25) is 0 Å². The normalized spacial score (nSPS) is 11.6. The molecule has 0 unspecified atom stereocenters. The van der Waals surface area contributed by atoms with E-state index in [1.807, 2.05) is 0 Å². The number of anilines is 3. The number of aryl methyl sites for hydroxylation is 1. The summed E-state index contributed by atoms with van der Waals surface area (Å²) in [6, 6.07) is 61.3. The zero-order valence-corrected chi connectivity index (χ0v) is 25.5. The van der Waals surface area contributed by atoms with Gasteiger partial charge in [-0.25, -0.2) is 0 Å². The molecule has 0 aliphatic carbocycles. The van der Waals surface area contributed by atoms with Gasteiger partial charge in [-0.1, -0.05) is 91.0 Å². The van der Waals surface area contributed by atoms with Crippen LogP contribution >= 0.6 is 0 Å². The summed E-state index contributed by atoms with van der Waals surface area (Å²) in [6.45, 7) is 2.15. The van der Waals surface area contributed by atoms with Crippen molar-refractivity contribution >= 4 is 60.7 Å². The van der Waals surface area contributed by atoms with Gasteiger partial charge >= 0.3 is 0 Å². The zero-order valence-electron chi connectivity index (χ0n) is 25.5. The van der Waals surface area contributed by atoms with Crippen LogP contribution in [0.25, 0.3) is 55.0 Å². The molecule has 7 aromatic carbocycles. The van der Waals surface area contributed by atoms with Crippen LogP contribution in [0.5, 0.6) is 0 Å². The predicted molar refractivity (Wildman–Crippen MR) is 195 cm³/mol. The van der Waals surface area contributed by atoms with E-state index < -0.39 is 0 Å². The Morgan fingerprint density at radius 3 is 1.28 bits per heavy atom. The summed E-state index contributed by atoms with van der Waals surface area (Å²) in [7, 11) is 0. The molecule has 2 heterocycles. The van der Waals surface area contributed by atoms with Crippen molar-refractivity contribution in [2.75, 3.05) is 4.90 Å². The maximum atomic E-state index is 2.38. The minimum absolute atomic E-state index is 1.11. The fourth-order valence-electron chi connectivity index (χ4n) is 7.14. The number of hydrogen-bond donors (Lipinski definition) is 0. The van der Waals surface area contributed by atoms with Crippen LogP contribution in [0.15, 0.2) is 170 Å². The molecule has 0 aliphatic heterocycles. The average Bonchev–Trinajstić information content (AvgIpc) is 3.62. The summed E-state index contributed by atoms with van der Waals surface area (Å²) >= 11 is 0. The Morgan fingerprint density at radius 2 is 0.783 bits per heavy atom. The average molecular weight is 590 g/mol. The molecule has 0 radical (unpaired) electrons. The van der Waals surface area contributed by atoms with Gasteiger partial charge in [0.15, 0.2) is 0 Å². The first-order chi connectivity index (χ1) is 22.7. The van der Waals surface area contributed by atoms with E-state index in [9.17, 15) is 0 Å². The topological polar surface area (TPSA) is 13.1 Å². The molecule has 0 saturated heterocycles. The van der Waals surface area contributed by atoms with Gasteiger partial charge in [-0.3, -0.25) is 0 Å². The third kappa shape index (κ3) is 4.13. The molecule has 0 bridgehead atoms. The van der Waals surface area contributed by atoms with E-state index in [0.29, 0.717) is 0 Å². The lowest BCUT2D eigenvalue weighted by Gasteiger charge is -2.27. The maximum Gasteiger partial charge on any atom is 0.0541 e. The van der Waals surface area contributed by atoms with Crippen molar-refractivity contribution in [3.8, 4) is 11.4 Å². The van der Waals surface area contributed by atoms with Gasteiger partial charge in [-0.05, 0) is 91.3 Å². The van der Waals surface area contributed by atoms with Crippen LogP contribution in [0.4, 0.5) is 17.1 Å². The predicted octanol–water partition coefficient (Wildman–Crippen LogP) is 11.7. The van der Waals surface area contributed by atoms with Crippen LogP contribution in [-0.4, -0.2) is 9.13 Å². The van der Waals surface area contributed by atoms with Crippen molar-refractivity contribution < 1.29 is 0 Å². The molecule has 0 fully saturated rings. The smallest absolute Gasteiger partial charge is 0.0541 e. The maximum absolute atomic E-state index is 2.38. The summed E-state index contributed by atoms with van der Waals surface area (Å²) in [5, 5.41) is 5.07. The van der Waals surface area contributed by atoms with Crippen LogP contribution in [0.3, 0.4) is 0 Å². The van der Waals surface area contributed by atoms with Crippen LogP contribution in [-0.2, 0) is 0 Å². The van der Waals surface area contributed by atoms with Crippen LogP contribution < -0.4 is 4.90 Å². The van der Waals surface area contributed by atoms with Crippen molar-refractivity contribution in [1.82, 2.24) is 9.13 Å². The van der Waals surface area contributed by atoms with Gasteiger partial charge in [0.1, 0.15) is 0 Å². The molecule has 3 heteroatoms. The molecule has 218 valence electrons. The molecule has 0 saturated carbocycles. The largest absolute Gasteiger partial charge is 0.310 e. The van der Waals surface area contributed by atoms with E-state index in [-0.39, 0.29) is 0 Å². The van der Waals surface area contributed by atoms with Crippen molar-refractivity contribution in [2.45, 2.75) is 6.92 Å². The van der Waals surface area contributed by atoms with Crippen molar-refractivity contribution in [3.05, 3.63) is 175 Å².